The van der Waals surface area contributed by atoms with Crippen molar-refractivity contribution >= 4 is 50.8 Å². The van der Waals surface area contributed by atoms with Gasteiger partial charge in [-0.2, -0.15) is 4.99 Å². The second-order valence-corrected chi connectivity index (χ2v) is 7.63. The standard InChI is InChI=1S/C20H20N2O4S2/c1-3-25-14-7-9-16-17(12-14)28-20(22(16)13-19(24)26-4-2)21-18(23)10-8-15-6-5-11-27-15/h5-12H,3-4,13H2,1-2H3/b10-8+,21-20?. The summed E-state index contributed by atoms with van der Waals surface area (Å²) in [5.74, 6) is -0.0308. The number of aromatic nitrogens is 1. The molecular weight excluding hydrogens is 396 g/mol. The molecule has 28 heavy (non-hydrogen) atoms. The number of hydrogen-bond acceptors (Lipinski definition) is 6. The number of hydrogen-bond donors (Lipinski definition) is 0. The van der Waals surface area contributed by atoms with Crippen LogP contribution >= 0.6 is 22.7 Å². The third kappa shape index (κ3) is 4.96. The molecule has 0 atom stereocenters. The largest absolute Gasteiger partial charge is 0.494 e. The van der Waals surface area contributed by atoms with Crippen molar-refractivity contribution in [2.75, 3.05) is 13.2 Å². The van der Waals surface area contributed by atoms with Crippen molar-refractivity contribution in [2.24, 2.45) is 4.99 Å². The molecule has 2 heterocycles. The molecule has 0 aliphatic carbocycles. The van der Waals surface area contributed by atoms with Gasteiger partial charge in [-0.1, -0.05) is 17.4 Å². The third-order valence-electron chi connectivity index (χ3n) is 3.70. The predicted octanol–water partition coefficient (Wildman–Crippen LogP) is 3.87. The zero-order chi connectivity index (χ0) is 19.9. The number of thiophene rings is 1. The van der Waals surface area contributed by atoms with E-state index < -0.39 is 0 Å². The maximum atomic E-state index is 12.3. The quantitative estimate of drug-likeness (QED) is 0.433. The maximum Gasteiger partial charge on any atom is 0.326 e. The highest BCUT2D eigenvalue weighted by Gasteiger charge is 2.12. The summed E-state index contributed by atoms with van der Waals surface area (Å²) in [6.45, 7) is 4.52. The molecule has 0 aliphatic rings. The minimum atomic E-state index is -0.386. The smallest absolute Gasteiger partial charge is 0.326 e. The van der Waals surface area contributed by atoms with Crippen molar-refractivity contribution < 1.29 is 19.1 Å². The summed E-state index contributed by atoms with van der Waals surface area (Å²) >= 11 is 2.87. The Morgan fingerprint density at radius 3 is 2.79 bits per heavy atom. The van der Waals surface area contributed by atoms with Gasteiger partial charge in [-0.3, -0.25) is 9.59 Å². The van der Waals surface area contributed by atoms with Gasteiger partial charge in [0.15, 0.2) is 4.80 Å². The molecule has 0 bridgehead atoms. The summed E-state index contributed by atoms with van der Waals surface area (Å²) in [6, 6.07) is 9.42. The lowest BCUT2D eigenvalue weighted by Crippen LogP contribution is -2.22. The van der Waals surface area contributed by atoms with Crippen LogP contribution in [0.3, 0.4) is 0 Å². The lowest BCUT2D eigenvalue weighted by atomic mass is 10.3. The van der Waals surface area contributed by atoms with Gasteiger partial charge in [0.25, 0.3) is 5.91 Å². The van der Waals surface area contributed by atoms with E-state index in [1.165, 1.54) is 28.7 Å². The van der Waals surface area contributed by atoms with Crippen LogP contribution in [0, 0.1) is 0 Å². The van der Waals surface area contributed by atoms with Crippen LogP contribution in [-0.4, -0.2) is 29.7 Å². The number of thiazole rings is 1. The van der Waals surface area contributed by atoms with E-state index in [9.17, 15) is 9.59 Å². The molecule has 1 aromatic carbocycles. The SMILES string of the molecule is CCOC(=O)Cn1c(=NC(=O)/C=C/c2cccs2)sc2cc(OCC)ccc21. The number of amides is 1. The molecule has 0 fully saturated rings. The van der Waals surface area contributed by atoms with Crippen molar-refractivity contribution in [3.8, 4) is 5.75 Å². The van der Waals surface area contributed by atoms with Gasteiger partial charge in [0.05, 0.1) is 23.4 Å². The first kappa shape index (κ1) is 20.0. The van der Waals surface area contributed by atoms with Crippen molar-refractivity contribution in [3.05, 3.63) is 51.5 Å². The number of carbonyl (C=O) groups excluding carboxylic acids is 2. The second kappa shape index (κ2) is 9.48. The van der Waals surface area contributed by atoms with Crippen molar-refractivity contribution in [3.63, 3.8) is 0 Å². The van der Waals surface area contributed by atoms with Crippen LogP contribution in [0.1, 0.15) is 18.7 Å². The molecule has 0 radical (unpaired) electrons. The van der Waals surface area contributed by atoms with E-state index in [1.807, 2.05) is 42.6 Å². The molecule has 146 valence electrons. The van der Waals surface area contributed by atoms with Crippen LogP contribution in [0.2, 0.25) is 0 Å². The molecular formula is C20H20N2O4S2. The molecule has 6 nitrogen and oxygen atoms in total. The molecule has 0 spiro atoms. The predicted molar refractivity (Wildman–Crippen MR) is 112 cm³/mol. The fraction of sp³-hybridized carbons (Fsp3) is 0.250. The zero-order valence-corrected chi connectivity index (χ0v) is 17.2. The van der Waals surface area contributed by atoms with Gasteiger partial charge in [-0.05, 0) is 49.6 Å². The van der Waals surface area contributed by atoms with Crippen molar-refractivity contribution in [1.82, 2.24) is 4.57 Å². The van der Waals surface area contributed by atoms with Crippen LogP contribution in [0.25, 0.3) is 16.3 Å². The molecule has 0 saturated carbocycles. The third-order valence-corrected chi connectivity index (χ3v) is 5.58. The average molecular weight is 417 g/mol. The molecule has 3 rings (SSSR count). The van der Waals surface area contributed by atoms with Crippen molar-refractivity contribution in [1.29, 1.82) is 0 Å². The number of esters is 1. The summed E-state index contributed by atoms with van der Waals surface area (Å²) < 4.78 is 13.2. The van der Waals surface area contributed by atoms with E-state index in [4.69, 9.17) is 9.47 Å². The molecule has 2 aromatic heterocycles. The Hall–Kier alpha value is -2.71. The summed E-state index contributed by atoms with van der Waals surface area (Å²) in [5.41, 5.74) is 0.801. The molecule has 1 amide bonds. The first-order valence-electron chi connectivity index (χ1n) is 8.82. The van der Waals surface area contributed by atoms with E-state index in [-0.39, 0.29) is 18.4 Å². The summed E-state index contributed by atoms with van der Waals surface area (Å²) in [5, 5.41) is 1.94. The average Bonchev–Trinajstić information content (AvgIpc) is 3.29. The number of fused-ring (bicyclic) bond motifs is 1. The van der Waals surface area contributed by atoms with E-state index >= 15 is 0 Å². The number of nitrogens with zero attached hydrogens (tertiary/aromatic N) is 2. The molecule has 0 N–H and O–H groups in total. The monoisotopic (exact) mass is 416 g/mol. The number of carbonyl (C=O) groups is 2. The lowest BCUT2D eigenvalue weighted by Gasteiger charge is -2.06. The topological polar surface area (TPSA) is 69.9 Å². The van der Waals surface area contributed by atoms with Gasteiger partial charge >= 0.3 is 5.97 Å². The van der Waals surface area contributed by atoms with Gasteiger partial charge in [0.2, 0.25) is 0 Å². The minimum absolute atomic E-state index is 0.0113. The van der Waals surface area contributed by atoms with Gasteiger partial charge in [-0.25, -0.2) is 0 Å². The Balaban J connectivity index is 2.00. The number of rotatable bonds is 7. The van der Waals surface area contributed by atoms with E-state index in [1.54, 1.807) is 17.6 Å². The van der Waals surface area contributed by atoms with Crippen molar-refractivity contribution in [2.45, 2.75) is 20.4 Å². The molecule has 0 aliphatic heterocycles. The van der Waals surface area contributed by atoms with E-state index in [0.717, 1.165) is 20.8 Å². The lowest BCUT2D eigenvalue weighted by molar-refractivity contribution is -0.143. The Labute approximate surface area is 170 Å². The fourth-order valence-corrected chi connectivity index (χ4v) is 4.24. The highest BCUT2D eigenvalue weighted by atomic mass is 32.1. The van der Waals surface area contributed by atoms with Gasteiger partial charge in [0.1, 0.15) is 12.3 Å². The first-order chi connectivity index (χ1) is 13.6. The van der Waals surface area contributed by atoms with E-state index in [0.29, 0.717) is 18.0 Å². The summed E-state index contributed by atoms with van der Waals surface area (Å²) in [4.78, 5) is 30.0. The Morgan fingerprint density at radius 1 is 1.21 bits per heavy atom. The number of ether oxygens (including phenoxy) is 2. The second-order valence-electron chi connectivity index (χ2n) is 5.64. The van der Waals surface area contributed by atoms with Gasteiger partial charge < -0.3 is 14.0 Å². The molecule has 0 unspecified atom stereocenters. The number of benzene rings is 1. The fourth-order valence-electron chi connectivity index (χ4n) is 2.55. The molecule has 0 saturated heterocycles. The zero-order valence-electron chi connectivity index (χ0n) is 15.6. The molecule has 3 aromatic rings. The highest BCUT2D eigenvalue weighted by molar-refractivity contribution is 7.16. The Morgan fingerprint density at radius 2 is 2.07 bits per heavy atom. The highest BCUT2D eigenvalue weighted by Crippen LogP contribution is 2.23. The normalized spacial score (nSPS) is 12.0. The van der Waals surface area contributed by atoms with E-state index in [2.05, 4.69) is 4.99 Å². The van der Waals surface area contributed by atoms with Crippen LogP contribution in [0.5, 0.6) is 5.75 Å². The maximum absolute atomic E-state index is 12.3. The van der Waals surface area contributed by atoms with Gasteiger partial charge in [0, 0.05) is 11.0 Å². The van der Waals surface area contributed by atoms with Crippen LogP contribution < -0.4 is 9.54 Å². The Bertz CT molecular complexity index is 1060. The summed E-state index contributed by atoms with van der Waals surface area (Å²) in [6.07, 6.45) is 3.16. The van der Waals surface area contributed by atoms with Crippen LogP contribution in [-0.2, 0) is 20.9 Å². The minimum Gasteiger partial charge on any atom is -0.494 e. The first-order valence-corrected chi connectivity index (χ1v) is 10.5. The molecule has 8 heteroatoms. The van der Waals surface area contributed by atoms with Gasteiger partial charge in [-0.15, -0.1) is 11.3 Å². The van der Waals surface area contributed by atoms with Crippen LogP contribution in [0.15, 0.2) is 46.8 Å². The summed E-state index contributed by atoms with van der Waals surface area (Å²) in [7, 11) is 0. The Kier molecular flexibility index (Phi) is 6.78. The van der Waals surface area contributed by atoms with Crippen LogP contribution in [0.4, 0.5) is 0 Å².